The molecule has 1 aromatic carbocycles. The minimum absolute atomic E-state index is 0.137. The lowest BCUT2D eigenvalue weighted by Gasteiger charge is -2.38. The second-order valence-electron chi connectivity index (χ2n) is 8.59. The number of rotatable bonds is 5. The summed E-state index contributed by atoms with van der Waals surface area (Å²) in [5.41, 5.74) is 5.90. The van der Waals surface area contributed by atoms with Crippen molar-refractivity contribution >= 4 is 57.2 Å². The van der Waals surface area contributed by atoms with Gasteiger partial charge in [-0.25, -0.2) is 14.2 Å². The van der Waals surface area contributed by atoms with E-state index >= 15 is 0 Å². The van der Waals surface area contributed by atoms with Crippen molar-refractivity contribution in [2.45, 2.75) is 44.1 Å². The zero-order valence-electron chi connectivity index (χ0n) is 17.5. The van der Waals surface area contributed by atoms with Crippen LogP contribution in [0.1, 0.15) is 44.2 Å². The number of halogens is 2. The number of H-pyrrole nitrogens is 1. The first-order chi connectivity index (χ1) is 15.3. The summed E-state index contributed by atoms with van der Waals surface area (Å²) in [5.74, 6) is 1.03. The van der Waals surface area contributed by atoms with Gasteiger partial charge in [-0.1, -0.05) is 0 Å². The molecule has 11 heteroatoms. The predicted molar refractivity (Wildman–Crippen MR) is 127 cm³/mol. The summed E-state index contributed by atoms with van der Waals surface area (Å²) in [7, 11) is 0. The number of carbonyl (C=O) groups excluding carboxylic acids is 1. The number of aromatic amines is 1. The normalized spacial score (nSPS) is 18.0. The second kappa shape index (κ2) is 8.01. The number of piperidine rings is 1. The van der Waals surface area contributed by atoms with Crippen molar-refractivity contribution in [1.29, 1.82) is 0 Å². The van der Waals surface area contributed by atoms with Crippen LogP contribution in [0.25, 0.3) is 10.9 Å². The van der Waals surface area contributed by atoms with Crippen LogP contribution in [0, 0.1) is 9.39 Å². The Morgan fingerprint density at radius 1 is 1.31 bits per heavy atom. The van der Waals surface area contributed by atoms with Gasteiger partial charge in [0.15, 0.2) is 11.6 Å². The van der Waals surface area contributed by atoms with Gasteiger partial charge in [0, 0.05) is 40.8 Å². The number of fused-ring (bicyclic) bond motifs is 1. The molecule has 0 bridgehead atoms. The predicted octanol–water partition coefficient (Wildman–Crippen LogP) is 4.17. The summed E-state index contributed by atoms with van der Waals surface area (Å²) in [6.07, 6.45) is 2.39. The Bertz CT molecular complexity index is 1190. The number of hydrogen-bond donors (Lipinski definition) is 3. The van der Waals surface area contributed by atoms with Crippen molar-refractivity contribution in [3.05, 3.63) is 33.3 Å². The summed E-state index contributed by atoms with van der Waals surface area (Å²) >= 11 is 2.23. The van der Waals surface area contributed by atoms with Crippen LogP contribution in [-0.4, -0.2) is 44.9 Å². The van der Waals surface area contributed by atoms with Crippen molar-refractivity contribution in [2.24, 2.45) is 5.73 Å². The number of ether oxygens (including phenoxy) is 1. The number of nitrogens with two attached hydrogens (primary N) is 1. The van der Waals surface area contributed by atoms with Crippen molar-refractivity contribution in [1.82, 2.24) is 20.2 Å². The number of benzene rings is 1. The van der Waals surface area contributed by atoms with Crippen LogP contribution in [0.15, 0.2) is 18.2 Å². The zero-order chi connectivity index (χ0) is 22.5. The van der Waals surface area contributed by atoms with Gasteiger partial charge in [0.1, 0.15) is 11.4 Å². The molecule has 2 aliphatic rings. The molecule has 0 spiro atoms. The maximum absolute atomic E-state index is 14.9. The van der Waals surface area contributed by atoms with Crippen molar-refractivity contribution in [3.8, 4) is 0 Å². The highest BCUT2D eigenvalue weighted by molar-refractivity contribution is 14.1. The topological polar surface area (TPSA) is 122 Å². The third-order valence-electron chi connectivity index (χ3n) is 6.05. The molecule has 1 saturated carbocycles. The molecule has 5 rings (SSSR count). The van der Waals surface area contributed by atoms with Crippen LogP contribution in [-0.2, 0) is 4.74 Å². The summed E-state index contributed by atoms with van der Waals surface area (Å²) in [6, 6.07) is 5.86. The molecule has 4 N–H and O–H groups in total. The minimum Gasteiger partial charge on any atom is -0.443 e. The summed E-state index contributed by atoms with van der Waals surface area (Å²) in [6.45, 7) is 3.08. The second-order valence-corrected chi connectivity index (χ2v) is 9.84. The molecule has 3 heterocycles. The van der Waals surface area contributed by atoms with Crippen LogP contribution >= 0.6 is 22.6 Å². The number of nitrogens with zero attached hydrogens (tertiary/aromatic N) is 4. The molecule has 168 valence electrons. The first kappa shape index (κ1) is 21.2. The van der Waals surface area contributed by atoms with E-state index in [1.807, 2.05) is 30.0 Å². The number of anilines is 3. The Morgan fingerprint density at radius 2 is 2.06 bits per heavy atom. The molecule has 0 unspecified atom stereocenters. The van der Waals surface area contributed by atoms with Crippen molar-refractivity contribution in [2.75, 3.05) is 23.3 Å². The number of hydrogen-bond acceptors (Lipinski definition) is 7. The third kappa shape index (κ3) is 4.17. The fourth-order valence-electron chi connectivity index (χ4n) is 4.03. The highest BCUT2D eigenvalue weighted by Crippen LogP contribution is 2.42. The van der Waals surface area contributed by atoms with E-state index < -0.39 is 11.7 Å². The average molecular weight is 551 g/mol. The summed E-state index contributed by atoms with van der Waals surface area (Å²) in [4.78, 5) is 22.7. The van der Waals surface area contributed by atoms with Gasteiger partial charge in [0.2, 0.25) is 5.95 Å². The Hall–Kier alpha value is -2.70. The molecule has 2 aromatic heterocycles. The van der Waals surface area contributed by atoms with Gasteiger partial charge in [0.25, 0.3) is 0 Å². The van der Waals surface area contributed by atoms with Crippen LogP contribution in [0.2, 0.25) is 0 Å². The molecule has 3 aromatic rings. The first-order valence-corrected chi connectivity index (χ1v) is 11.6. The van der Waals surface area contributed by atoms with Crippen molar-refractivity contribution < 1.29 is 13.9 Å². The molecule has 0 radical (unpaired) electrons. The lowest BCUT2D eigenvalue weighted by Crippen LogP contribution is -2.46. The Balaban J connectivity index is 1.46. The average Bonchev–Trinajstić information content (AvgIpc) is 3.52. The molecule has 1 aliphatic carbocycles. The third-order valence-corrected chi connectivity index (χ3v) is 6.72. The number of amides is 1. The fourth-order valence-corrected chi connectivity index (χ4v) is 4.52. The van der Waals surface area contributed by atoms with Gasteiger partial charge in [-0.2, -0.15) is 10.1 Å². The van der Waals surface area contributed by atoms with E-state index in [9.17, 15) is 9.18 Å². The van der Waals surface area contributed by atoms with Gasteiger partial charge in [-0.05, 0) is 60.6 Å². The fraction of sp³-hybridized carbons (Fsp3) is 0.429. The number of carbonyl (C=O) groups is 1. The van der Waals surface area contributed by atoms with Crippen molar-refractivity contribution in [3.63, 3.8) is 0 Å². The number of primary amides is 1. The maximum atomic E-state index is 14.9. The molecule has 1 saturated heterocycles. The molecule has 9 nitrogen and oxygen atoms in total. The molecular weight excluding hydrogens is 528 g/mol. The standard InChI is InChI=1S/C21H23FIN7O2/c1-21(32-19(24)31)6-8-30(9-7-21)20-25-14-5-4-12(23)10-13(14)17(27-20)26-18-15(22)16(28-29-18)11-2-3-11/h4-5,10-11H,2-3,6-9H2,1H3,(H2,24,31)(H2,25,26,27,28,29). The van der Waals surface area contributed by atoms with Gasteiger partial charge in [-0.15, -0.1) is 0 Å². The quantitative estimate of drug-likeness (QED) is 0.407. The van der Waals surface area contributed by atoms with Gasteiger partial charge < -0.3 is 20.7 Å². The molecule has 1 aliphatic heterocycles. The van der Waals surface area contributed by atoms with E-state index in [1.54, 1.807) is 0 Å². The Morgan fingerprint density at radius 3 is 2.75 bits per heavy atom. The Labute approximate surface area is 197 Å². The monoisotopic (exact) mass is 551 g/mol. The maximum Gasteiger partial charge on any atom is 0.405 e. The van der Waals surface area contributed by atoms with E-state index in [0.717, 1.165) is 27.3 Å². The smallest absolute Gasteiger partial charge is 0.405 e. The SMILES string of the molecule is CC1(OC(N)=O)CCN(c2nc(Nc3n[nH]c(C4CC4)c3F)c3cc(I)ccc3n2)CC1. The summed E-state index contributed by atoms with van der Waals surface area (Å²) in [5, 5.41) is 10.8. The van der Waals surface area contributed by atoms with Crippen LogP contribution in [0.5, 0.6) is 0 Å². The van der Waals surface area contributed by atoms with Gasteiger partial charge in [-0.3, -0.25) is 5.10 Å². The van der Waals surface area contributed by atoms with E-state index in [2.05, 4.69) is 38.1 Å². The van der Waals surface area contributed by atoms with E-state index in [1.165, 1.54) is 0 Å². The number of nitrogens with one attached hydrogen (secondary N) is 2. The van der Waals surface area contributed by atoms with Crippen LogP contribution in [0.4, 0.5) is 26.8 Å². The lowest BCUT2D eigenvalue weighted by atomic mass is 9.93. The number of aromatic nitrogens is 4. The van der Waals surface area contributed by atoms with Crippen LogP contribution in [0.3, 0.4) is 0 Å². The first-order valence-electron chi connectivity index (χ1n) is 10.5. The molecule has 2 fully saturated rings. The van der Waals surface area contributed by atoms with Gasteiger partial charge in [0.05, 0.1) is 11.2 Å². The molecular formula is C21H23FIN7O2. The highest BCUT2D eigenvalue weighted by atomic mass is 127. The molecule has 0 atom stereocenters. The van der Waals surface area contributed by atoms with E-state index in [-0.39, 0.29) is 17.6 Å². The molecule has 1 amide bonds. The Kier molecular flexibility index (Phi) is 5.30. The molecule has 32 heavy (non-hydrogen) atoms. The highest BCUT2D eigenvalue weighted by Gasteiger charge is 2.34. The minimum atomic E-state index is -0.768. The van der Waals surface area contributed by atoms with E-state index in [0.29, 0.717) is 43.4 Å². The largest absolute Gasteiger partial charge is 0.443 e. The van der Waals surface area contributed by atoms with Crippen LogP contribution < -0.4 is 16.0 Å². The van der Waals surface area contributed by atoms with E-state index in [4.69, 9.17) is 20.4 Å². The summed E-state index contributed by atoms with van der Waals surface area (Å²) < 4.78 is 21.2. The van der Waals surface area contributed by atoms with Gasteiger partial charge >= 0.3 is 6.09 Å². The lowest BCUT2D eigenvalue weighted by molar-refractivity contribution is 0.0125. The zero-order valence-corrected chi connectivity index (χ0v) is 19.6.